The number of alkyl halides is 3. The number of nitrogens with zero attached hydrogens (tertiary/aromatic N) is 3. The van der Waals surface area contributed by atoms with Gasteiger partial charge in [-0.25, -0.2) is 8.42 Å². The first-order valence-electron chi connectivity index (χ1n) is 9.82. The van der Waals surface area contributed by atoms with E-state index >= 15 is 0 Å². The van der Waals surface area contributed by atoms with Gasteiger partial charge in [0.2, 0.25) is 15.9 Å². The molecule has 170 valence electrons. The highest BCUT2D eigenvalue weighted by molar-refractivity contribution is 7.89. The molecule has 7 nitrogen and oxygen atoms in total. The fraction of sp³-hybridized carbons (Fsp3) is 0.500. The van der Waals surface area contributed by atoms with Crippen LogP contribution in [0.2, 0.25) is 0 Å². The lowest BCUT2D eigenvalue weighted by atomic mass is 9.97. The number of hydrogen-bond donors (Lipinski definition) is 1. The van der Waals surface area contributed by atoms with E-state index in [1.807, 2.05) is 20.8 Å². The summed E-state index contributed by atoms with van der Waals surface area (Å²) in [7, 11) is -4.33. The normalized spacial score (nSPS) is 17.0. The number of aromatic nitrogens is 2. The molecule has 3 rings (SSSR count). The fourth-order valence-corrected chi connectivity index (χ4v) is 5.10. The largest absolute Gasteiger partial charge is 0.417 e. The first-order chi connectivity index (χ1) is 14.3. The summed E-state index contributed by atoms with van der Waals surface area (Å²) < 4.78 is 68.2. The van der Waals surface area contributed by atoms with E-state index in [0.29, 0.717) is 5.69 Å². The molecule has 0 saturated carbocycles. The number of halogens is 3. The number of sulfonamides is 1. The molecule has 1 aromatic heterocycles. The molecule has 2 heterocycles. The van der Waals surface area contributed by atoms with Crippen molar-refractivity contribution in [3.05, 3.63) is 42.2 Å². The van der Waals surface area contributed by atoms with Crippen LogP contribution in [-0.4, -0.2) is 41.5 Å². The summed E-state index contributed by atoms with van der Waals surface area (Å²) in [5.41, 5.74) is -0.894. The smallest absolute Gasteiger partial charge is 0.323 e. The minimum absolute atomic E-state index is 0.0339. The number of carbonyl (C=O) groups is 1. The van der Waals surface area contributed by atoms with Crippen LogP contribution >= 0.6 is 0 Å². The van der Waals surface area contributed by atoms with Crippen LogP contribution in [0.25, 0.3) is 0 Å². The Hall–Kier alpha value is -2.40. The van der Waals surface area contributed by atoms with Crippen molar-refractivity contribution >= 4 is 21.6 Å². The Morgan fingerprint density at radius 2 is 1.74 bits per heavy atom. The zero-order valence-corrected chi connectivity index (χ0v) is 18.3. The topological polar surface area (TPSA) is 84.3 Å². The number of rotatable bonds is 4. The second-order valence-corrected chi connectivity index (χ2v) is 10.4. The van der Waals surface area contributed by atoms with Crippen LogP contribution < -0.4 is 5.32 Å². The average molecular weight is 459 g/mol. The predicted molar refractivity (Wildman–Crippen MR) is 109 cm³/mol. The summed E-state index contributed by atoms with van der Waals surface area (Å²) in [6.07, 6.45) is -1.10. The van der Waals surface area contributed by atoms with Crippen LogP contribution in [0.5, 0.6) is 0 Å². The summed E-state index contributed by atoms with van der Waals surface area (Å²) in [5.74, 6) is -0.705. The summed E-state index contributed by atoms with van der Waals surface area (Å²) >= 11 is 0. The van der Waals surface area contributed by atoms with Crippen molar-refractivity contribution in [3.63, 3.8) is 0 Å². The van der Waals surface area contributed by atoms with Gasteiger partial charge in [0.1, 0.15) is 0 Å². The average Bonchev–Trinajstić information content (AvgIpc) is 3.16. The van der Waals surface area contributed by atoms with Crippen LogP contribution in [0.15, 0.2) is 41.6 Å². The van der Waals surface area contributed by atoms with Gasteiger partial charge in [-0.1, -0.05) is 12.1 Å². The molecule has 0 unspecified atom stereocenters. The predicted octanol–water partition coefficient (Wildman–Crippen LogP) is 3.70. The van der Waals surface area contributed by atoms with Crippen molar-refractivity contribution in [3.8, 4) is 0 Å². The maximum atomic E-state index is 13.3. The third kappa shape index (κ3) is 5.09. The van der Waals surface area contributed by atoms with E-state index in [4.69, 9.17) is 0 Å². The first kappa shape index (κ1) is 23.3. The molecule has 0 spiro atoms. The van der Waals surface area contributed by atoms with Crippen molar-refractivity contribution < 1.29 is 26.4 Å². The van der Waals surface area contributed by atoms with E-state index in [0.717, 1.165) is 22.5 Å². The quantitative estimate of drug-likeness (QED) is 0.757. The molecule has 0 aliphatic carbocycles. The second kappa shape index (κ2) is 8.27. The van der Waals surface area contributed by atoms with E-state index in [9.17, 15) is 26.4 Å². The van der Waals surface area contributed by atoms with E-state index < -0.39 is 32.6 Å². The maximum Gasteiger partial charge on any atom is 0.417 e. The lowest BCUT2D eigenvalue weighted by Crippen LogP contribution is -2.41. The Morgan fingerprint density at radius 3 is 2.29 bits per heavy atom. The van der Waals surface area contributed by atoms with Crippen molar-refractivity contribution in [2.24, 2.45) is 5.92 Å². The lowest BCUT2D eigenvalue weighted by molar-refractivity contribution is -0.139. The van der Waals surface area contributed by atoms with Crippen LogP contribution in [0.4, 0.5) is 18.9 Å². The number of hydrogen-bond acceptors (Lipinski definition) is 4. The second-order valence-electron chi connectivity index (χ2n) is 8.51. The zero-order valence-electron chi connectivity index (χ0n) is 17.5. The minimum atomic E-state index is -4.78. The fourth-order valence-electron chi connectivity index (χ4n) is 3.42. The van der Waals surface area contributed by atoms with E-state index in [1.165, 1.54) is 12.3 Å². The van der Waals surface area contributed by atoms with Gasteiger partial charge in [0, 0.05) is 25.2 Å². The molecule has 0 radical (unpaired) electrons. The molecule has 0 atom stereocenters. The number of carbonyl (C=O) groups excluding carboxylic acids is 1. The number of piperidine rings is 1. The molecule has 2 aromatic rings. The standard InChI is InChI=1S/C20H25F3N4O3S/c1-19(2,3)27-13-15(12-24-27)25-18(28)14-8-10-26(11-9-14)31(29,30)17-7-5-4-6-16(17)20(21,22)23/h4-7,12-14H,8-11H2,1-3H3,(H,25,28). The molecule has 31 heavy (non-hydrogen) atoms. The number of amides is 1. The van der Waals surface area contributed by atoms with Crippen LogP contribution in [-0.2, 0) is 26.5 Å². The highest BCUT2D eigenvalue weighted by atomic mass is 32.2. The van der Waals surface area contributed by atoms with Crippen molar-refractivity contribution in [1.29, 1.82) is 0 Å². The van der Waals surface area contributed by atoms with Crippen LogP contribution in [0, 0.1) is 5.92 Å². The molecule has 1 N–H and O–H groups in total. The third-order valence-electron chi connectivity index (χ3n) is 5.17. The zero-order chi connectivity index (χ0) is 23.0. The number of anilines is 1. The van der Waals surface area contributed by atoms with E-state index in [1.54, 1.807) is 10.9 Å². The Kier molecular flexibility index (Phi) is 6.21. The number of nitrogens with one attached hydrogen (secondary N) is 1. The molecule has 11 heteroatoms. The van der Waals surface area contributed by atoms with Gasteiger partial charge in [-0.2, -0.15) is 22.6 Å². The van der Waals surface area contributed by atoms with E-state index in [2.05, 4.69) is 10.4 Å². The summed E-state index contributed by atoms with van der Waals surface area (Å²) in [4.78, 5) is 11.8. The van der Waals surface area contributed by atoms with Gasteiger partial charge in [0.15, 0.2) is 0 Å². The van der Waals surface area contributed by atoms with Gasteiger partial charge >= 0.3 is 6.18 Å². The Bertz CT molecular complexity index is 1050. The third-order valence-corrected chi connectivity index (χ3v) is 7.13. The number of benzene rings is 1. The van der Waals surface area contributed by atoms with Gasteiger partial charge in [0.25, 0.3) is 0 Å². The molecular weight excluding hydrogens is 433 g/mol. The summed E-state index contributed by atoms with van der Waals surface area (Å²) in [6.45, 7) is 5.85. The molecular formula is C20H25F3N4O3S. The van der Waals surface area contributed by atoms with Gasteiger partial charge in [0.05, 0.1) is 27.9 Å². The molecule has 1 aromatic carbocycles. The lowest BCUT2D eigenvalue weighted by Gasteiger charge is -2.31. The summed E-state index contributed by atoms with van der Waals surface area (Å²) in [6, 6.07) is 4.13. The van der Waals surface area contributed by atoms with Crippen molar-refractivity contribution in [1.82, 2.24) is 14.1 Å². The van der Waals surface area contributed by atoms with Gasteiger partial charge in [-0.3, -0.25) is 9.48 Å². The SMILES string of the molecule is CC(C)(C)n1cc(NC(=O)C2CCN(S(=O)(=O)c3ccccc3C(F)(F)F)CC2)cn1. The molecule has 0 bridgehead atoms. The Labute approximate surface area is 179 Å². The summed E-state index contributed by atoms with van der Waals surface area (Å²) in [5, 5.41) is 6.99. The monoisotopic (exact) mass is 458 g/mol. The minimum Gasteiger partial charge on any atom is -0.323 e. The molecule has 1 amide bonds. The van der Waals surface area contributed by atoms with Crippen molar-refractivity contribution in [2.45, 2.75) is 50.2 Å². The highest BCUT2D eigenvalue weighted by Crippen LogP contribution is 2.36. The Balaban J connectivity index is 1.67. The molecule has 1 saturated heterocycles. The molecule has 1 fully saturated rings. The molecule has 1 aliphatic rings. The van der Waals surface area contributed by atoms with E-state index in [-0.39, 0.29) is 37.4 Å². The van der Waals surface area contributed by atoms with Gasteiger partial charge < -0.3 is 5.32 Å². The van der Waals surface area contributed by atoms with Crippen LogP contribution in [0.3, 0.4) is 0 Å². The van der Waals surface area contributed by atoms with Crippen molar-refractivity contribution in [2.75, 3.05) is 18.4 Å². The van der Waals surface area contributed by atoms with Gasteiger partial charge in [-0.05, 0) is 45.7 Å². The first-order valence-corrected chi connectivity index (χ1v) is 11.3. The Morgan fingerprint density at radius 1 is 1.13 bits per heavy atom. The maximum absolute atomic E-state index is 13.3. The van der Waals surface area contributed by atoms with Gasteiger partial charge in [-0.15, -0.1) is 0 Å². The highest BCUT2D eigenvalue weighted by Gasteiger charge is 2.40. The molecule has 1 aliphatic heterocycles. The van der Waals surface area contributed by atoms with Crippen LogP contribution in [0.1, 0.15) is 39.2 Å².